The summed E-state index contributed by atoms with van der Waals surface area (Å²) in [5, 5.41) is 12.2. The predicted octanol–water partition coefficient (Wildman–Crippen LogP) is 4.92. The second kappa shape index (κ2) is 11.3. The molecule has 0 fully saturated rings. The van der Waals surface area contributed by atoms with Gasteiger partial charge in [-0.25, -0.2) is 0 Å². The van der Waals surface area contributed by atoms with Gasteiger partial charge in [-0.05, 0) is 23.6 Å². The van der Waals surface area contributed by atoms with Gasteiger partial charge < -0.3 is 24.1 Å². The molecule has 3 rings (SSSR count). The maximum absolute atomic E-state index is 12.5. The molecule has 1 N–H and O–H groups in total. The van der Waals surface area contributed by atoms with E-state index in [0.29, 0.717) is 39.1 Å². The van der Waals surface area contributed by atoms with E-state index >= 15 is 0 Å². The van der Waals surface area contributed by atoms with Crippen molar-refractivity contribution in [2.75, 3.05) is 25.3 Å². The molecule has 1 heterocycles. The lowest BCUT2D eigenvalue weighted by Gasteiger charge is -2.13. The molecule has 0 aliphatic carbocycles. The second-order valence-electron chi connectivity index (χ2n) is 7.49. The Bertz CT molecular complexity index is 1100. The predicted molar refractivity (Wildman–Crippen MR) is 130 cm³/mol. The van der Waals surface area contributed by atoms with E-state index in [9.17, 15) is 4.79 Å². The number of ether oxygens (including phenoxy) is 3. The molecular weight excluding hydrogens is 464 g/mol. The molecule has 176 valence electrons. The van der Waals surface area contributed by atoms with Crippen LogP contribution in [0.2, 0.25) is 5.02 Å². The van der Waals surface area contributed by atoms with Crippen LogP contribution in [0.15, 0.2) is 41.6 Å². The molecule has 0 radical (unpaired) electrons. The number of benzene rings is 2. The van der Waals surface area contributed by atoms with E-state index in [-0.39, 0.29) is 18.3 Å². The monoisotopic (exact) mass is 490 g/mol. The molecule has 0 saturated heterocycles. The number of thioether (sulfide) groups is 1. The molecule has 0 aliphatic heterocycles. The number of halogens is 1. The minimum atomic E-state index is -0.228. The topological polar surface area (TPSA) is 87.5 Å². The van der Waals surface area contributed by atoms with Crippen LogP contribution < -0.4 is 19.5 Å². The highest BCUT2D eigenvalue weighted by Crippen LogP contribution is 2.36. The summed E-state index contributed by atoms with van der Waals surface area (Å²) in [6.07, 6.45) is 0. The van der Waals surface area contributed by atoms with Gasteiger partial charge in [-0.15, -0.1) is 10.2 Å². The van der Waals surface area contributed by atoms with Gasteiger partial charge in [0.1, 0.15) is 23.9 Å². The number of carbonyl (C=O) groups is 1. The summed E-state index contributed by atoms with van der Waals surface area (Å²) in [6, 6.07) is 11.2. The lowest BCUT2D eigenvalue weighted by molar-refractivity contribution is -0.113. The minimum absolute atomic E-state index is 0.136. The van der Waals surface area contributed by atoms with Crippen LogP contribution in [0.25, 0.3) is 0 Å². The summed E-state index contributed by atoms with van der Waals surface area (Å²) in [7, 11) is 4.85. The Kier molecular flexibility index (Phi) is 8.46. The Morgan fingerprint density at radius 1 is 1.12 bits per heavy atom. The first kappa shape index (κ1) is 24.7. The zero-order chi connectivity index (χ0) is 24.0. The fraction of sp³-hybridized carbons (Fsp3) is 0.348. The van der Waals surface area contributed by atoms with Crippen LogP contribution in [0.5, 0.6) is 17.2 Å². The van der Waals surface area contributed by atoms with Crippen LogP contribution >= 0.6 is 23.4 Å². The average Bonchev–Trinajstić information content (AvgIpc) is 3.16. The molecule has 1 amide bonds. The Morgan fingerprint density at radius 2 is 1.82 bits per heavy atom. The molecule has 8 nitrogen and oxygen atoms in total. The number of hydrogen-bond acceptors (Lipinski definition) is 7. The van der Waals surface area contributed by atoms with Gasteiger partial charge in [0.25, 0.3) is 0 Å². The van der Waals surface area contributed by atoms with Gasteiger partial charge in [-0.3, -0.25) is 4.79 Å². The Balaban J connectivity index is 1.56. The second-order valence-corrected chi connectivity index (χ2v) is 8.84. The first-order valence-electron chi connectivity index (χ1n) is 10.3. The first-order chi connectivity index (χ1) is 15.8. The van der Waals surface area contributed by atoms with Gasteiger partial charge in [-0.1, -0.05) is 49.3 Å². The highest BCUT2D eigenvalue weighted by atomic mass is 35.5. The normalized spacial score (nSPS) is 10.9. The van der Waals surface area contributed by atoms with E-state index in [1.54, 1.807) is 12.1 Å². The number of nitrogens with one attached hydrogen (secondary N) is 1. The number of amides is 1. The maximum atomic E-state index is 12.5. The summed E-state index contributed by atoms with van der Waals surface area (Å²) in [5.74, 6) is 2.69. The van der Waals surface area contributed by atoms with Gasteiger partial charge in [0.05, 0.1) is 30.7 Å². The van der Waals surface area contributed by atoms with Gasteiger partial charge in [0, 0.05) is 19.2 Å². The molecule has 33 heavy (non-hydrogen) atoms. The molecule has 3 aromatic rings. The fourth-order valence-electron chi connectivity index (χ4n) is 2.97. The third kappa shape index (κ3) is 6.33. The SMILES string of the molecule is COc1cc(NC(=O)CSc2nnc(COc3ccc(C(C)C)cc3)n2C)c(OC)cc1Cl. The Morgan fingerprint density at radius 3 is 2.45 bits per heavy atom. The molecule has 0 atom stereocenters. The number of aromatic nitrogens is 3. The van der Waals surface area contributed by atoms with E-state index in [2.05, 4.69) is 41.5 Å². The molecule has 10 heteroatoms. The Hall–Kier alpha value is -2.91. The summed E-state index contributed by atoms with van der Waals surface area (Å²) >= 11 is 7.38. The van der Waals surface area contributed by atoms with E-state index < -0.39 is 0 Å². The third-order valence-corrected chi connectivity index (χ3v) is 6.24. The van der Waals surface area contributed by atoms with Crippen LogP contribution in [0.3, 0.4) is 0 Å². The van der Waals surface area contributed by atoms with Crippen molar-refractivity contribution in [2.24, 2.45) is 7.05 Å². The average molecular weight is 491 g/mol. The molecule has 0 spiro atoms. The van der Waals surface area contributed by atoms with E-state index in [0.717, 1.165) is 5.75 Å². The van der Waals surface area contributed by atoms with Crippen LogP contribution in [0, 0.1) is 0 Å². The quantitative estimate of drug-likeness (QED) is 0.403. The third-order valence-electron chi connectivity index (χ3n) is 4.92. The first-order valence-corrected chi connectivity index (χ1v) is 11.6. The Labute approximate surface area is 202 Å². The number of methoxy groups -OCH3 is 2. The number of rotatable bonds is 10. The fourth-order valence-corrected chi connectivity index (χ4v) is 3.93. The van der Waals surface area contributed by atoms with E-state index in [1.165, 1.54) is 31.5 Å². The number of carbonyl (C=O) groups excluding carboxylic acids is 1. The minimum Gasteiger partial charge on any atom is -0.495 e. The molecule has 0 unspecified atom stereocenters. The van der Waals surface area contributed by atoms with Gasteiger partial charge in [-0.2, -0.15) is 0 Å². The largest absolute Gasteiger partial charge is 0.495 e. The van der Waals surface area contributed by atoms with Crippen LogP contribution in [-0.4, -0.2) is 40.6 Å². The van der Waals surface area contributed by atoms with Crippen LogP contribution in [0.1, 0.15) is 31.2 Å². The molecule has 0 bridgehead atoms. The molecule has 2 aromatic carbocycles. The summed E-state index contributed by atoms with van der Waals surface area (Å²) in [5.41, 5.74) is 1.73. The van der Waals surface area contributed by atoms with E-state index in [4.69, 9.17) is 25.8 Å². The number of nitrogens with zero attached hydrogens (tertiary/aromatic N) is 3. The lowest BCUT2D eigenvalue weighted by atomic mass is 10.0. The molecule has 0 aliphatic rings. The van der Waals surface area contributed by atoms with E-state index in [1.807, 2.05) is 23.7 Å². The number of hydrogen-bond donors (Lipinski definition) is 1. The zero-order valence-electron chi connectivity index (χ0n) is 19.2. The van der Waals surface area contributed by atoms with Gasteiger partial charge >= 0.3 is 0 Å². The van der Waals surface area contributed by atoms with Crippen molar-refractivity contribution in [1.29, 1.82) is 0 Å². The summed E-state index contributed by atoms with van der Waals surface area (Å²) in [4.78, 5) is 12.5. The van der Waals surface area contributed by atoms with Crippen LogP contribution in [-0.2, 0) is 18.4 Å². The van der Waals surface area contributed by atoms with Crippen molar-refractivity contribution < 1.29 is 19.0 Å². The van der Waals surface area contributed by atoms with Gasteiger partial charge in [0.2, 0.25) is 5.91 Å². The molecule has 0 saturated carbocycles. The van der Waals surface area contributed by atoms with Crippen molar-refractivity contribution in [2.45, 2.75) is 31.5 Å². The summed E-state index contributed by atoms with van der Waals surface area (Å²) in [6.45, 7) is 4.58. The van der Waals surface area contributed by atoms with Crippen LogP contribution in [0.4, 0.5) is 5.69 Å². The lowest BCUT2D eigenvalue weighted by Crippen LogP contribution is -2.15. The maximum Gasteiger partial charge on any atom is 0.234 e. The van der Waals surface area contributed by atoms with Crippen molar-refractivity contribution in [3.05, 3.63) is 52.8 Å². The summed E-state index contributed by atoms with van der Waals surface area (Å²) < 4.78 is 18.1. The van der Waals surface area contributed by atoms with Crippen molar-refractivity contribution in [3.63, 3.8) is 0 Å². The van der Waals surface area contributed by atoms with Crippen molar-refractivity contribution >= 4 is 35.0 Å². The molecular formula is C23H27ClN4O4S. The van der Waals surface area contributed by atoms with Gasteiger partial charge in [0.15, 0.2) is 11.0 Å². The van der Waals surface area contributed by atoms with Crippen molar-refractivity contribution in [3.8, 4) is 17.2 Å². The zero-order valence-corrected chi connectivity index (χ0v) is 20.8. The van der Waals surface area contributed by atoms with Crippen molar-refractivity contribution in [1.82, 2.24) is 14.8 Å². The highest BCUT2D eigenvalue weighted by Gasteiger charge is 2.15. The standard InChI is InChI=1S/C23H27ClN4O4S/c1-14(2)15-6-8-16(9-7-15)32-12-21-26-27-23(28(21)3)33-13-22(29)25-18-11-19(30-4)17(24)10-20(18)31-5/h6-11,14H,12-13H2,1-5H3,(H,25,29). The number of anilines is 1. The smallest absolute Gasteiger partial charge is 0.234 e. The highest BCUT2D eigenvalue weighted by molar-refractivity contribution is 7.99. The molecule has 1 aromatic heterocycles.